The number of hydrogen-bond acceptors (Lipinski definition) is 4. The van der Waals surface area contributed by atoms with E-state index >= 15 is 0 Å². The van der Waals surface area contributed by atoms with E-state index < -0.39 is 0 Å². The van der Waals surface area contributed by atoms with Crippen LogP contribution >= 0.6 is 11.3 Å². The van der Waals surface area contributed by atoms with Crippen molar-refractivity contribution < 1.29 is 4.74 Å². The van der Waals surface area contributed by atoms with Gasteiger partial charge in [-0.2, -0.15) is 0 Å². The van der Waals surface area contributed by atoms with Crippen LogP contribution in [0.1, 0.15) is 22.5 Å². The molecule has 0 spiro atoms. The van der Waals surface area contributed by atoms with Gasteiger partial charge in [0, 0.05) is 13.5 Å². The lowest BCUT2D eigenvalue weighted by Gasteiger charge is -1.93. The van der Waals surface area contributed by atoms with Gasteiger partial charge in [-0.1, -0.05) is 6.92 Å². The van der Waals surface area contributed by atoms with Crippen molar-refractivity contribution in [2.75, 3.05) is 13.7 Å². The Morgan fingerprint density at radius 2 is 2.36 bits per heavy atom. The van der Waals surface area contributed by atoms with Crippen molar-refractivity contribution >= 4 is 17.2 Å². The van der Waals surface area contributed by atoms with E-state index in [4.69, 9.17) is 15.9 Å². The van der Waals surface area contributed by atoms with Gasteiger partial charge in [-0.15, -0.1) is 11.3 Å². The fourth-order valence-electron chi connectivity index (χ4n) is 1.15. The van der Waals surface area contributed by atoms with E-state index in [0.29, 0.717) is 6.61 Å². The summed E-state index contributed by atoms with van der Waals surface area (Å²) in [6.45, 7) is 2.68. The summed E-state index contributed by atoms with van der Waals surface area (Å²) < 4.78 is 4.97. The van der Waals surface area contributed by atoms with Crippen LogP contribution in [-0.4, -0.2) is 24.5 Å². The van der Waals surface area contributed by atoms with Gasteiger partial charge in [0.1, 0.15) is 5.84 Å². The second-order valence-electron chi connectivity index (χ2n) is 2.89. The van der Waals surface area contributed by atoms with E-state index in [1.807, 2.05) is 6.92 Å². The normalized spacial score (nSPS) is 10.4. The van der Waals surface area contributed by atoms with E-state index in [2.05, 4.69) is 4.98 Å². The molecule has 0 fully saturated rings. The lowest BCUT2D eigenvalue weighted by molar-refractivity contribution is 0.202. The molecule has 0 amide bonds. The molecule has 78 valence electrons. The van der Waals surface area contributed by atoms with Crippen molar-refractivity contribution in [3.63, 3.8) is 0 Å². The molecule has 3 N–H and O–H groups in total. The van der Waals surface area contributed by atoms with Gasteiger partial charge in [0.2, 0.25) is 0 Å². The van der Waals surface area contributed by atoms with Crippen LogP contribution in [0.3, 0.4) is 0 Å². The number of ether oxygens (including phenoxy) is 1. The lowest BCUT2D eigenvalue weighted by atomic mass is 10.3. The lowest BCUT2D eigenvalue weighted by Crippen LogP contribution is -2.11. The van der Waals surface area contributed by atoms with Crippen molar-refractivity contribution in [2.24, 2.45) is 5.73 Å². The van der Waals surface area contributed by atoms with Crippen LogP contribution < -0.4 is 5.73 Å². The first-order valence-corrected chi connectivity index (χ1v) is 5.32. The van der Waals surface area contributed by atoms with Crippen molar-refractivity contribution in [3.05, 3.63) is 15.6 Å². The molecule has 0 atom stereocenters. The molecule has 1 rings (SSSR count). The summed E-state index contributed by atoms with van der Waals surface area (Å²) in [5, 5.41) is 8.38. The Bertz CT molecular complexity index is 322. The van der Waals surface area contributed by atoms with Crippen LogP contribution in [-0.2, 0) is 17.6 Å². The summed E-state index contributed by atoms with van der Waals surface area (Å²) >= 11 is 1.49. The highest BCUT2D eigenvalue weighted by Crippen LogP contribution is 2.19. The number of nitrogens with two attached hydrogens (primary N) is 1. The summed E-state index contributed by atoms with van der Waals surface area (Å²) in [6.07, 6.45) is 1.61. The maximum absolute atomic E-state index is 7.39. The van der Waals surface area contributed by atoms with Crippen LogP contribution in [0.5, 0.6) is 0 Å². The molecule has 14 heavy (non-hydrogen) atoms. The molecule has 1 aromatic rings. The molecule has 1 aromatic heterocycles. The molecule has 0 aliphatic carbocycles. The first kappa shape index (κ1) is 11.1. The fourth-order valence-corrected chi connectivity index (χ4v) is 2.14. The second kappa shape index (κ2) is 5.07. The Balaban J connectivity index is 2.83. The Morgan fingerprint density at radius 1 is 1.64 bits per heavy atom. The summed E-state index contributed by atoms with van der Waals surface area (Å²) in [7, 11) is 1.67. The zero-order valence-corrected chi connectivity index (χ0v) is 9.28. The van der Waals surface area contributed by atoms with Gasteiger partial charge in [-0.3, -0.25) is 5.41 Å². The van der Waals surface area contributed by atoms with Crippen LogP contribution in [0, 0.1) is 5.41 Å². The zero-order valence-electron chi connectivity index (χ0n) is 8.46. The van der Waals surface area contributed by atoms with E-state index in [-0.39, 0.29) is 5.84 Å². The minimum atomic E-state index is 0.114. The monoisotopic (exact) mass is 213 g/mol. The third kappa shape index (κ3) is 2.52. The standard InChI is InChI=1S/C9H15N3OS/c1-3-6-8(9(10)11)14-7(12-6)4-5-13-2/h3-5H2,1-2H3,(H3,10,11). The number of aromatic nitrogens is 1. The van der Waals surface area contributed by atoms with Crippen LogP contribution in [0.25, 0.3) is 0 Å². The van der Waals surface area contributed by atoms with Crippen molar-refractivity contribution in [3.8, 4) is 0 Å². The Hall–Kier alpha value is -0.940. The number of rotatable bonds is 5. The number of nitrogens with zero attached hydrogens (tertiary/aromatic N) is 1. The minimum absolute atomic E-state index is 0.114. The molecule has 5 heteroatoms. The number of hydrogen-bond donors (Lipinski definition) is 2. The number of thiazole rings is 1. The molecule has 4 nitrogen and oxygen atoms in total. The first-order valence-electron chi connectivity index (χ1n) is 4.51. The molecule has 0 radical (unpaired) electrons. The average Bonchev–Trinajstić information content (AvgIpc) is 2.57. The number of nitrogens with one attached hydrogen (secondary N) is 1. The van der Waals surface area contributed by atoms with Crippen molar-refractivity contribution in [1.82, 2.24) is 4.98 Å². The minimum Gasteiger partial charge on any atom is -0.384 e. The van der Waals surface area contributed by atoms with Crippen molar-refractivity contribution in [1.29, 1.82) is 5.41 Å². The molecule has 0 saturated carbocycles. The Kier molecular flexibility index (Phi) is 4.03. The van der Waals surface area contributed by atoms with Gasteiger partial charge in [0.15, 0.2) is 0 Å². The molecule has 0 unspecified atom stereocenters. The predicted molar refractivity (Wildman–Crippen MR) is 58.1 cm³/mol. The Morgan fingerprint density at radius 3 is 2.79 bits per heavy atom. The van der Waals surface area contributed by atoms with Gasteiger partial charge in [0.25, 0.3) is 0 Å². The summed E-state index contributed by atoms with van der Waals surface area (Å²) in [6, 6.07) is 0. The third-order valence-electron chi connectivity index (χ3n) is 1.84. The van der Waals surface area contributed by atoms with E-state index in [1.54, 1.807) is 7.11 Å². The van der Waals surface area contributed by atoms with Crippen molar-refractivity contribution in [2.45, 2.75) is 19.8 Å². The summed E-state index contributed by atoms with van der Waals surface area (Å²) in [5.41, 5.74) is 6.38. The Labute approximate surface area is 87.6 Å². The van der Waals surface area contributed by atoms with E-state index in [0.717, 1.165) is 28.4 Å². The zero-order chi connectivity index (χ0) is 10.6. The highest BCUT2D eigenvalue weighted by atomic mass is 32.1. The quantitative estimate of drug-likeness (QED) is 0.570. The third-order valence-corrected chi connectivity index (χ3v) is 3.03. The number of aryl methyl sites for hydroxylation is 1. The molecule has 0 bridgehead atoms. The maximum Gasteiger partial charge on any atom is 0.135 e. The molecular formula is C9H15N3OS. The van der Waals surface area contributed by atoms with Gasteiger partial charge in [-0.25, -0.2) is 4.98 Å². The number of methoxy groups -OCH3 is 1. The molecular weight excluding hydrogens is 198 g/mol. The molecule has 0 saturated heterocycles. The first-order chi connectivity index (χ1) is 6.69. The second-order valence-corrected chi connectivity index (χ2v) is 3.98. The SMILES string of the molecule is CCc1nc(CCOC)sc1C(=N)N. The van der Waals surface area contributed by atoms with Gasteiger partial charge in [0.05, 0.1) is 22.2 Å². The van der Waals surface area contributed by atoms with Gasteiger partial charge in [-0.05, 0) is 6.42 Å². The molecule has 0 aromatic carbocycles. The summed E-state index contributed by atoms with van der Waals surface area (Å²) in [4.78, 5) is 5.21. The van der Waals surface area contributed by atoms with E-state index in [1.165, 1.54) is 11.3 Å². The maximum atomic E-state index is 7.39. The summed E-state index contributed by atoms with van der Waals surface area (Å²) in [5.74, 6) is 0.114. The number of nitrogen functional groups attached to an aromatic ring is 1. The topological polar surface area (TPSA) is 72.0 Å². The van der Waals surface area contributed by atoms with Crippen LogP contribution in [0.4, 0.5) is 0 Å². The fraction of sp³-hybridized carbons (Fsp3) is 0.556. The van der Waals surface area contributed by atoms with Crippen LogP contribution in [0.2, 0.25) is 0 Å². The highest BCUT2D eigenvalue weighted by molar-refractivity contribution is 7.13. The molecule has 0 aliphatic heterocycles. The highest BCUT2D eigenvalue weighted by Gasteiger charge is 2.11. The predicted octanol–water partition coefficient (Wildman–Crippen LogP) is 1.18. The molecule has 1 heterocycles. The average molecular weight is 213 g/mol. The van der Waals surface area contributed by atoms with E-state index in [9.17, 15) is 0 Å². The smallest absolute Gasteiger partial charge is 0.135 e. The van der Waals surface area contributed by atoms with Crippen LogP contribution in [0.15, 0.2) is 0 Å². The van der Waals surface area contributed by atoms with Gasteiger partial charge >= 0.3 is 0 Å². The van der Waals surface area contributed by atoms with Gasteiger partial charge < -0.3 is 10.5 Å². The largest absolute Gasteiger partial charge is 0.384 e. The number of amidine groups is 1. The molecule has 0 aliphatic rings.